The lowest BCUT2D eigenvalue weighted by Crippen LogP contribution is -2.35. The topological polar surface area (TPSA) is 119 Å². The van der Waals surface area contributed by atoms with E-state index >= 15 is 0 Å². The second kappa shape index (κ2) is 9.74. The third-order valence-electron chi connectivity index (χ3n) is 6.19. The summed E-state index contributed by atoms with van der Waals surface area (Å²) in [7, 11) is 3.09. The first-order valence-corrected chi connectivity index (χ1v) is 11.9. The molecule has 3 fully saturated rings. The highest BCUT2D eigenvalue weighted by atomic mass is 32.2. The molecule has 1 amide bonds. The van der Waals surface area contributed by atoms with Crippen molar-refractivity contribution in [2.24, 2.45) is 0 Å². The second-order valence-electron chi connectivity index (χ2n) is 8.26. The van der Waals surface area contributed by atoms with Gasteiger partial charge in [0.1, 0.15) is 29.7 Å². The number of aromatic nitrogens is 4. The molecule has 3 heterocycles. The van der Waals surface area contributed by atoms with Crippen LogP contribution in [0.15, 0.2) is 23.4 Å². The van der Waals surface area contributed by atoms with Crippen LogP contribution in [0.3, 0.4) is 0 Å². The van der Waals surface area contributed by atoms with Crippen LogP contribution in [0.25, 0.3) is 0 Å². The van der Waals surface area contributed by atoms with Crippen LogP contribution in [-0.4, -0.2) is 77.3 Å². The van der Waals surface area contributed by atoms with Crippen LogP contribution in [0.1, 0.15) is 31.7 Å². The summed E-state index contributed by atoms with van der Waals surface area (Å²) in [5.41, 5.74) is 0.499. The van der Waals surface area contributed by atoms with Crippen molar-refractivity contribution in [3.8, 4) is 11.5 Å². The Hall–Kier alpha value is -2.57. The van der Waals surface area contributed by atoms with Gasteiger partial charge in [0.15, 0.2) is 6.10 Å². The van der Waals surface area contributed by atoms with Gasteiger partial charge in [0.05, 0.1) is 33.1 Å². The predicted octanol–water partition coefficient (Wildman–Crippen LogP) is 2.68. The van der Waals surface area contributed by atoms with E-state index in [4.69, 9.17) is 23.7 Å². The van der Waals surface area contributed by atoms with Crippen molar-refractivity contribution in [1.29, 1.82) is 0 Å². The van der Waals surface area contributed by atoms with Gasteiger partial charge >= 0.3 is 6.09 Å². The van der Waals surface area contributed by atoms with E-state index in [0.29, 0.717) is 29.0 Å². The van der Waals surface area contributed by atoms with Crippen molar-refractivity contribution in [3.05, 3.63) is 18.2 Å². The predicted molar refractivity (Wildman–Crippen MR) is 118 cm³/mol. The van der Waals surface area contributed by atoms with E-state index in [0.717, 1.165) is 5.16 Å². The highest BCUT2D eigenvalue weighted by Crippen LogP contribution is 2.39. The summed E-state index contributed by atoms with van der Waals surface area (Å²) < 4.78 is 29.9. The molecule has 33 heavy (non-hydrogen) atoms. The number of amides is 1. The van der Waals surface area contributed by atoms with Crippen molar-refractivity contribution in [2.45, 2.75) is 60.4 Å². The number of nitrogens with zero attached hydrogens (tertiary/aromatic N) is 4. The molecule has 4 unspecified atom stereocenters. The average molecular weight is 478 g/mol. The fourth-order valence-electron chi connectivity index (χ4n) is 4.55. The molecule has 12 heteroatoms. The lowest BCUT2D eigenvalue weighted by atomic mass is 10.1. The van der Waals surface area contributed by atoms with Gasteiger partial charge in [-0.1, -0.05) is 24.6 Å². The average Bonchev–Trinajstić information content (AvgIpc) is 3.60. The summed E-state index contributed by atoms with van der Waals surface area (Å²) in [6.45, 7) is 0.640. The van der Waals surface area contributed by atoms with Gasteiger partial charge in [-0.2, -0.15) is 0 Å². The minimum absolute atomic E-state index is 0.159. The SMILES string of the molecule is COc1cc(NC(=O)OC2COC3C2OCC3n2nnnc2SC2CCCC2)cc(OC)c1. The molecule has 2 aliphatic heterocycles. The first kappa shape index (κ1) is 22.2. The molecule has 2 saturated heterocycles. The molecule has 2 aromatic rings. The Kier molecular flexibility index (Phi) is 6.56. The fourth-order valence-corrected chi connectivity index (χ4v) is 5.78. The van der Waals surface area contributed by atoms with Gasteiger partial charge in [0.2, 0.25) is 5.16 Å². The number of nitrogens with one attached hydrogen (secondary N) is 1. The molecule has 4 atom stereocenters. The molecule has 1 aliphatic carbocycles. The van der Waals surface area contributed by atoms with Gasteiger partial charge in [-0.05, 0) is 23.3 Å². The number of ether oxygens (including phenoxy) is 5. The smallest absolute Gasteiger partial charge is 0.412 e. The number of carbonyl (C=O) groups is 1. The summed E-state index contributed by atoms with van der Waals surface area (Å²) in [5, 5.41) is 16.4. The second-order valence-corrected chi connectivity index (χ2v) is 9.53. The Bertz CT molecular complexity index is 962. The molecule has 5 rings (SSSR count). The van der Waals surface area contributed by atoms with Gasteiger partial charge in [0.25, 0.3) is 0 Å². The minimum atomic E-state index is -0.605. The zero-order valence-electron chi connectivity index (χ0n) is 18.5. The van der Waals surface area contributed by atoms with E-state index in [2.05, 4.69) is 20.8 Å². The highest BCUT2D eigenvalue weighted by molar-refractivity contribution is 7.99. The first-order chi connectivity index (χ1) is 16.1. The molecule has 1 aromatic heterocycles. The Labute approximate surface area is 195 Å². The lowest BCUT2D eigenvalue weighted by molar-refractivity contribution is 0.00751. The molecular weight excluding hydrogens is 450 g/mol. The molecule has 178 valence electrons. The number of methoxy groups -OCH3 is 2. The number of anilines is 1. The van der Waals surface area contributed by atoms with E-state index < -0.39 is 12.2 Å². The number of benzene rings is 1. The summed E-state index contributed by atoms with van der Waals surface area (Å²) in [6, 6.07) is 4.92. The normalized spacial score (nSPS) is 26.8. The number of fused-ring (bicyclic) bond motifs is 1. The van der Waals surface area contributed by atoms with Crippen molar-refractivity contribution in [2.75, 3.05) is 32.8 Å². The molecule has 11 nitrogen and oxygen atoms in total. The number of tetrazole rings is 1. The van der Waals surface area contributed by atoms with Crippen LogP contribution in [-0.2, 0) is 14.2 Å². The number of hydrogen-bond donors (Lipinski definition) is 1. The van der Waals surface area contributed by atoms with Crippen LogP contribution in [0.2, 0.25) is 0 Å². The maximum absolute atomic E-state index is 12.5. The van der Waals surface area contributed by atoms with Crippen molar-refractivity contribution in [3.63, 3.8) is 0 Å². The number of rotatable bonds is 7. The lowest BCUT2D eigenvalue weighted by Gasteiger charge is -2.18. The Morgan fingerprint density at radius 2 is 1.82 bits per heavy atom. The monoisotopic (exact) mass is 477 g/mol. The molecule has 1 N–H and O–H groups in total. The molecule has 0 bridgehead atoms. The van der Waals surface area contributed by atoms with Crippen molar-refractivity contribution < 1.29 is 28.5 Å². The minimum Gasteiger partial charge on any atom is -0.497 e. The maximum atomic E-state index is 12.5. The van der Waals surface area contributed by atoms with E-state index in [1.54, 1.807) is 48.9 Å². The number of hydrogen-bond acceptors (Lipinski definition) is 10. The number of carbonyl (C=O) groups excluding carboxylic acids is 1. The maximum Gasteiger partial charge on any atom is 0.412 e. The molecule has 1 saturated carbocycles. The standard InChI is InChI=1S/C21H27N5O6S/c1-28-13-7-12(8-14(9-13)29-2)22-21(27)32-17-11-31-18-16(10-30-19(17)18)26-20(23-24-25-26)33-15-5-3-4-6-15/h7-9,15-19H,3-6,10-11H2,1-2H3,(H,22,27). The van der Waals surface area contributed by atoms with Gasteiger partial charge < -0.3 is 23.7 Å². The van der Waals surface area contributed by atoms with Gasteiger partial charge in [-0.15, -0.1) is 5.10 Å². The zero-order valence-corrected chi connectivity index (χ0v) is 19.3. The first-order valence-electron chi connectivity index (χ1n) is 11.0. The van der Waals surface area contributed by atoms with Crippen molar-refractivity contribution >= 4 is 23.5 Å². The number of thioether (sulfide) groups is 1. The Morgan fingerprint density at radius 1 is 1.09 bits per heavy atom. The quantitative estimate of drug-likeness (QED) is 0.637. The van der Waals surface area contributed by atoms with Crippen LogP contribution >= 0.6 is 11.8 Å². The van der Waals surface area contributed by atoms with E-state index in [-0.39, 0.29) is 24.9 Å². The molecule has 0 spiro atoms. The van der Waals surface area contributed by atoms with Crippen LogP contribution < -0.4 is 14.8 Å². The van der Waals surface area contributed by atoms with Gasteiger partial charge in [-0.25, -0.2) is 9.48 Å². The summed E-state index contributed by atoms with van der Waals surface area (Å²) in [5.74, 6) is 1.12. The summed E-state index contributed by atoms with van der Waals surface area (Å²) in [4.78, 5) is 12.5. The van der Waals surface area contributed by atoms with E-state index in [1.165, 1.54) is 25.7 Å². The van der Waals surface area contributed by atoms with E-state index in [9.17, 15) is 4.79 Å². The Morgan fingerprint density at radius 3 is 2.55 bits per heavy atom. The van der Waals surface area contributed by atoms with E-state index in [1.807, 2.05) is 0 Å². The highest BCUT2D eigenvalue weighted by Gasteiger charge is 2.51. The van der Waals surface area contributed by atoms with Crippen LogP contribution in [0, 0.1) is 0 Å². The van der Waals surface area contributed by atoms with Crippen molar-refractivity contribution in [1.82, 2.24) is 20.2 Å². The van der Waals surface area contributed by atoms with Gasteiger partial charge in [0, 0.05) is 23.4 Å². The molecule has 1 aromatic carbocycles. The zero-order chi connectivity index (χ0) is 22.8. The fraction of sp³-hybridized carbons (Fsp3) is 0.619. The van der Waals surface area contributed by atoms with Gasteiger partial charge in [-0.3, -0.25) is 5.32 Å². The molecule has 0 radical (unpaired) electrons. The third kappa shape index (κ3) is 4.73. The largest absolute Gasteiger partial charge is 0.497 e. The molecular formula is C21H27N5O6S. The molecule has 3 aliphatic rings. The summed E-state index contributed by atoms with van der Waals surface area (Å²) >= 11 is 1.72. The third-order valence-corrected chi connectivity index (χ3v) is 7.47. The summed E-state index contributed by atoms with van der Waals surface area (Å²) in [6.07, 6.45) is 3.07. The Balaban J connectivity index is 1.21. The van der Waals surface area contributed by atoms with Crippen LogP contribution in [0.5, 0.6) is 11.5 Å². The van der Waals surface area contributed by atoms with Crippen LogP contribution in [0.4, 0.5) is 10.5 Å².